The van der Waals surface area contributed by atoms with Crippen molar-refractivity contribution in [3.05, 3.63) is 59.4 Å². The first kappa shape index (κ1) is 20.3. The average Bonchev–Trinajstić information content (AvgIpc) is 2.90. The minimum atomic E-state index is -0.545. The van der Waals surface area contributed by atoms with Gasteiger partial charge in [-0.2, -0.15) is 0 Å². The number of fused-ring (bicyclic) bond motifs is 2. The van der Waals surface area contributed by atoms with E-state index in [9.17, 15) is 9.59 Å². The van der Waals surface area contributed by atoms with Gasteiger partial charge in [-0.15, -0.1) is 11.8 Å². The van der Waals surface area contributed by atoms with Crippen molar-refractivity contribution in [2.75, 3.05) is 18.1 Å². The largest absolute Gasteiger partial charge is 0.452 e. The summed E-state index contributed by atoms with van der Waals surface area (Å²) >= 11 is 1.76. The zero-order chi connectivity index (χ0) is 21.3. The van der Waals surface area contributed by atoms with Crippen LogP contribution in [-0.4, -0.2) is 40.2 Å². The fourth-order valence-corrected chi connectivity index (χ4v) is 4.50. The molecule has 1 unspecified atom stereocenters. The van der Waals surface area contributed by atoms with Gasteiger partial charge in [0.1, 0.15) is 0 Å². The second-order valence-corrected chi connectivity index (χ2v) is 8.88. The van der Waals surface area contributed by atoms with Gasteiger partial charge >= 0.3 is 5.97 Å². The molecule has 154 valence electrons. The van der Waals surface area contributed by atoms with Crippen LogP contribution in [0.25, 0.3) is 11.0 Å². The third kappa shape index (κ3) is 4.16. The number of nitrogens with zero attached hydrogens (tertiary/aromatic N) is 3. The van der Waals surface area contributed by atoms with Gasteiger partial charge in [0.05, 0.1) is 33.7 Å². The van der Waals surface area contributed by atoms with Gasteiger partial charge in [-0.1, -0.05) is 19.1 Å². The number of carbonyl (C=O) groups is 2. The molecule has 2 heterocycles. The second-order valence-electron chi connectivity index (χ2n) is 7.40. The first-order valence-corrected chi connectivity index (χ1v) is 10.8. The first-order chi connectivity index (χ1) is 14.4. The lowest BCUT2D eigenvalue weighted by Gasteiger charge is -2.22. The Morgan fingerprint density at radius 3 is 2.63 bits per heavy atom. The number of esters is 1. The number of carbonyl (C=O) groups excluding carboxylic acids is 2. The lowest BCUT2D eigenvalue weighted by atomic mass is 10.2. The minimum absolute atomic E-state index is 0.224. The molecule has 2 aromatic carbocycles. The molecule has 1 amide bonds. The molecular weight excluding hydrogens is 398 g/mol. The molecule has 7 heteroatoms. The minimum Gasteiger partial charge on any atom is -0.452 e. The van der Waals surface area contributed by atoms with Crippen molar-refractivity contribution in [2.45, 2.75) is 37.3 Å². The highest BCUT2D eigenvalue weighted by Crippen LogP contribution is 2.37. The highest BCUT2D eigenvalue weighted by molar-refractivity contribution is 8.00. The number of ether oxygens (including phenoxy) is 1. The molecule has 6 nitrogen and oxygen atoms in total. The molecule has 1 aliphatic rings. The summed E-state index contributed by atoms with van der Waals surface area (Å²) in [5.74, 6) is -0.770. The van der Waals surface area contributed by atoms with Crippen LogP contribution in [0.3, 0.4) is 0 Å². The highest BCUT2D eigenvalue weighted by Gasteiger charge is 2.25. The third-order valence-corrected chi connectivity index (χ3v) is 6.42. The number of anilines is 1. The van der Waals surface area contributed by atoms with Crippen LogP contribution in [0.15, 0.2) is 47.4 Å². The lowest BCUT2D eigenvalue weighted by Crippen LogP contribution is -2.35. The molecule has 3 aromatic rings. The number of aromatic nitrogens is 2. The molecule has 0 saturated heterocycles. The van der Waals surface area contributed by atoms with Crippen molar-refractivity contribution in [1.82, 2.24) is 9.97 Å². The van der Waals surface area contributed by atoms with E-state index in [1.807, 2.05) is 38.1 Å². The van der Waals surface area contributed by atoms with Crippen molar-refractivity contribution in [1.29, 1.82) is 0 Å². The highest BCUT2D eigenvalue weighted by atomic mass is 32.2. The third-order valence-electron chi connectivity index (χ3n) is 5.18. The summed E-state index contributed by atoms with van der Waals surface area (Å²) in [5.41, 5.74) is 4.25. The molecule has 4 rings (SSSR count). The van der Waals surface area contributed by atoms with E-state index in [1.165, 1.54) is 0 Å². The number of thioether (sulfide) groups is 1. The van der Waals surface area contributed by atoms with Crippen LogP contribution in [0.2, 0.25) is 0 Å². The molecule has 1 aromatic heterocycles. The van der Waals surface area contributed by atoms with E-state index in [4.69, 9.17) is 4.74 Å². The molecule has 0 radical (unpaired) electrons. The molecule has 0 spiro atoms. The average molecular weight is 422 g/mol. The number of hydrogen-bond acceptors (Lipinski definition) is 6. The molecule has 0 saturated carbocycles. The number of benzene rings is 2. The Kier molecular flexibility index (Phi) is 5.72. The fourth-order valence-electron chi connectivity index (χ4n) is 3.39. The Labute approximate surface area is 179 Å². The van der Waals surface area contributed by atoms with Crippen LogP contribution < -0.4 is 4.90 Å². The number of rotatable bonds is 3. The standard InChI is InChI=1S/C23H23N3O3S/c1-14-10-11-26(20-6-4-5-7-21(20)30-14)22(27)13-29-23(28)17-8-9-18-19(12-17)25-16(3)15(2)24-18/h4-9,12,14H,10-11,13H2,1-3H3. The molecule has 1 aliphatic heterocycles. The maximum Gasteiger partial charge on any atom is 0.338 e. The van der Waals surface area contributed by atoms with Gasteiger partial charge in [-0.05, 0) is 50.6 Å². The Bertz CT molecular complexity index is 1130. The number of aryl methyl sites for hydroxylation is 2. The normalized spacial score (nSPS) is 16.1. The van der Waals surface area contributed by atoms with Crippen LogP contribution >= 0.6 is 11.8 Å². The van der Waals surface area contributed by atoms with E-state index in [1.54, 1.807) is 34.9 Å². The molecule has 1 atom stereocenters. The summed E-state index contributed by atoms with van der Waals surface area (Å²) in [5, 5.41) is 0.414. The van der Waals surface area contributed by atoms with Crippen LogP contribution in [0.1, 0.15) is 35.1 Å². The Morgan fingerprint density at radius 2 is 1.83 bits per heavy atom. The Balaban J connectivity index is 1.48. The van der Waals surface area contributed by atoms with Crippen molar-refractivity contribution in [3.8, 4) is 0 Å². The van der Waals surface area contributed by atoms with Crippen LogP contribution in [0.5, 0.6) is 0 Å². The van der Waals surface area contributed by atoms with Crippen molar-refractivity contribution < 1.29 is 14.3 Å². The first-order valence-electron chi connectivity index (χ1n) is 9.90. The van der Waals surface area contributed by atoms with E-state index in [0.717, 1.165) is 33.9 Å². The van der Waals surface area contributed by atoms with E-state index < -0.39 is 5.97 Å². The van der Waals surface area contributed by atoms with Gasteiger partial charge < -0.3 is 9.64 Å². The maximum atomic E-state index is 12.9. The fraction of sp³-hybridized carbons (Fsp3) is 0.304. The summed E-state index contributed by atoms with van der Waals surface area (Å²) in [6, 6.07) is 12.9. The SMILES string of the molecule is Cc1nc2ccc(C(=O)OCC(=O)N3CCC(C)Sc4ccccc43)cc2nc1C. The maximum absolute atomic E-state index is 12.9. The van der Waals surface area contributed by atoms with Gasteiger partial charge in [0, 0.05) is 16.7 Å². The Morgan fingerprint density at radius 1 is 1.10 bits per heavy atom. The quantitative estimate of drug-likeness (QED) is 0.587. The van der Waals surface area contributed by atoms with Gasteiger partial charge in [-0.25, -0.2) is 14.8 Å². The van der Waals surface area contributed by atoms with Gasteiger partial charge in [-0.3, -0.25) is 4.79 Å². The van der Waals surface area contributed by atoms with E-state index >= 15 is 0 Å². The van der Waals surface area contributed by atoms with Gasteiger partial charge in [0.15, 0.2) is 6.61 Å². The lowest BCUT2D eigenvalue weighted by molar-refractivity contribution is -0.121. The number of para-hydroxylation sites is 1. The van der Waals surface area contributed by atoms with Crippen molar-refractivity contribution in [3.63, 3.8) is 0 Å². The Hall–Kier alpha value is -2.93. The van der Waals surface area contributed by atoms with Crippen LogP contribution in [0.4, 0.5) is 5.69 Å². The van der Waals surface area contributed by atoms with E-state index in [-0.39, 0.29) is 12.5 Å². The topological polar surface area (TPSA) is 72.4 Å². The number of hydrogen-bond donors (Lipinski definition) is 0. The zero-order valence-corrected chi connectivity index (χ0v) is 18.0. The molecule has 0 aliphatic carbocycles. The summed E-state index contributed by atoms with van der Waals surface area (Å²) in [6.07, 6.45) is 0.876. The molecule has 0 bridgehead atoms. The van der Waals surface area contributed by atoms with Gasteiger partial charge in [0.25, 0.3) is 5.91 Å². The zero-order valence-electron chi connectivity index (χ0n) is 17.2. The predicted octanol–water partition coefficient (Wildman–Crippen LogP) is 4.32. The summed E-state index contributed by atoms with van der Waals surface area (Å²) in [7, 11) is 0. The van der Waals surface area contributed by atoms with Crippen LogP contribution in [-0.2, 0) is 9.53 Å². The van der Waals surface area contributed by atoms with Crippen LogP contribution in [0, 0.1) is 13.8 Å². The van der Waals surface area contributed by atoms with Crippen molar-refractivity contribution >= 4 is 40.4 Å². The van der Waals surface area contributed by atoms with E-state index in [2.05, 4.69) is 16.9 Å². The molecule has 0 fully saturated rings. The molecular formula is C23H23N3O3S. The van der Waals surface area contributed by atoms with Crippen molar-refractivity contribution in [2.24, 2.45) is 0 Å². The summed E-state index contributed by atoms with van der Waals surface area (Å²) in [6.45, 7) is 6.23. The summed E-state index contributed by atoms with van der Waals surface area (Å²) < 4.78 is 5.34. The smallest absolute Gasteiger partial charge is 0.338 e. The van der Waals surface area contributed by atoms with Gasteiger partial charge in [0.2, 0.25) is 0 Å². The molecule has 30 heavy (non-hydrogen) atoms. The number of amides is 1. The second kappa shape index (κ2) is 8.44. The van der Waals surface area contributed by atoms with E-state index in [0.29, 0.717) is 22.9 Å². The molecule has 0 N–H and O–H groups in total. The predicted molar refractivity (Wildman–Crippen MR) is 118 cm³/mol. The monoisotopic (exact) mass is 421 g/mol. The summed E-state index contributed by atoms with van der Waals surface area (Å²) in [4.78, 5) is 37.2.